The van der Waals surface area contributed by atoms with Crippen LogP contribution in [0.2, 0.25) is 0 Å². The Balaban J connectivity index is 1.75. The van der Waals surface area contributed by atoms with E-state index in [1.54, 1.807) is 0 Å². The summed E-state index contributed by atoms with van der Waals surface area (Å²) in [5.41, 5.74) is 1.54. The number of hydrogen-bond donors (Lipinski definition) is 1. The van der Waals surface area contributed by atoms with E-state index in [9.17, 15) is 0 Å². The summed E-state index contributed by atoms with van der Waals surface area (Å²) in [7, 11) is 0. The molecule has 116 valence electrons. The summed E-state index contributed by atoms with van der Waals surface area (Å²) >= 11 is 0. The molecule has 0 radical (unpaired) electrons. The molecule has 4 aliphatic rings. The molecule has 2 heteroatoms. The highest BCUT2D eigenvalue weighted by Crippen LogP contribution is 2.72. The molecule has 2 nitrogen and oxygen atoms in total. The van der Waals surface area contributed by atoms with Crippen molar-refractivity contribution >= 4 is 0 Å². The standard InChI is InChI=1S/C19H29NO/c1-4-20-16(15-6-5-7-21-15)19-10-14-8-17(2,12-19)11-18(3,9-14)13-19/h5-7,14,16,20H,4,8-13H2,1-3H3. The number of rotatable bonds is 4. The van der Waals surface area contributed by atoms with E-state index < -0.39 is 0 Å². The lowest BCUT2D eigenvalue weighted by atomic mass is 9.39. The molecule has 0 spiro atoms. The van der Waals surface area contributed by atoms with Crippen molar-refractivity contribution < 1.29 is 4.42 Å². The molecule has 5 rings (SSSR count). The van der Waals surface area contributed by atoms with Crippen molar-refractivity contribution in [3.05, 3.63) is 24.2 Å². The summed E-state index contributed by atoms with van der Waals surface area (Å²) in [6.07, 6.45) is 10.4. The Labute approximate surface area is 128 Å². The minimum atomic E-state index is 0.402. The van der Waals surface area contributed by atoms with Crippen molar-refractivity contribution in [2.75, 3.05) is 6.54 Å². The van der Waals surface area contributed by atoms with Crippen LogP contribution in [-0.2, 0) is 0 Å². The van der Waals surface area contributed by atoms with Gasteiger partial charge in [-0.15, -0.1) is 0 Å². The van der Waals surface area contributed by atoms with Crippen LogP contribution in [0.1, 0.15) is 71.1 Å². The molecule has 4 saturated carbocycles. The fraction of sp³-hybridized carbons (Fsp3) is 0.789. The highest BCUT2D eigenvalue weighted by molar-refractivity contribution is 5.18. The second kappa shape index (κ2) is 4.38. The highest BCUT2D eigenvalue weighted by Gasteiger charge is 2.62. The molecule has 3 atom stereocenters. The average Bonchev–Trinajstić information content (AvgIpc) is 2.84. The van der Waals surface area contributed by atoms with Gasteiger partial charge in [-0.2, -0.15) is 0 Å². The van der Waals surface area contributed by atoms with Crippen LogP contribution in [0.15, 0.2) is 22.8 Å². The Kier molecular flexibility index (Phi) is 2.89. The average molecular weight is 287 g/mol. The maximum Gasteiger partial charge on any atom is 0.121 e. The van der Waals surface area contributed by atoms with Gasteiger partial charge >= 0.3 is 0 Å². The van der Waals surface area contributed by atoms with Gasteiger partial charge in [0.25, 0.3) is 0 Å². The minimum Gasteiger partial charge on any atom is -0.468 e. The van der Waals surface area contributed by atoms with Gasteiger partial charge in [-0.1, -0.05) is 20.8 Å². The van der Waals surface area contributed by atoms with Crippen molar-refractivity contribution in [1.82, 2.24) is 5.32 Å². The zero-order valence-corrected chi connectivity index (χ0v) is 13.7. The van der Waals surface area contributed by atoms with Gasteiger partial charge in [-0.3, -0.25) is 0 Å². The van der Waals surface area contributed by atoms with Gasteiger partial charge in [0, 0.05) is 0 Å². The Morgan fingerprint density at radius 2 is 1.90 bits per heavy atom. The summed E-state index contributed by atoms with van der Waals surface area (Å²) in [4.78, 5) is 0. The molecule has 1 aromatic heterocycles. The number of nitrogens with one attached hydrogen (secondary N) is 1. The second-order valence-electron chi connectivity index (χ2n) is 9.00. The lowest BCUT2D eigenvalue weighted by molar-refractivity contribution is -0.160. The van der Waals surface area contributed by atoms with Crippen molar-refractivity contribution in [1.29, 1.82) is 0 Å². The fourth-order valence-electron chi connectivity index (χ4n) is 7.14. The van der Waals surface area contributed by atoms with Crippen LogP contribution in [0, 0.1) is 22.2 Å². The third-order valence-electron chi connectivity index (χ3n) is 6.52. The normalized spacial score (nSPS) is 46.0. The summed E-state index contributed by atoms with van der Waals surface area (Å²) in [6, 6.07) is 4.62. The molecule has 3 unspecified atom stereocenters. The van der Waals surface area contributed by atoms with E-state index in [1.807, 2.05) is 12.3 Å². The van der Waals surface area contributed by atoms with E-state index >= 15 is 0 Å². The van der Waals surface area contributed by atoms with Gasteiger partial charge in [-0.25, -0.2) is 0 Å². The third-order valence-corrected chi connectivity index (χ3v) is 6.52. The van der Waals surface area contributed by atoms with Crippen molar-refractivity contribution in [2.24, 2.45) is 22.2 Å². The molecule has 0 amide bonds. The SMILES string of the molecule is CCNC(c1ccco1)C12CC3CC(C)(CC(C)(C3)C1)C2. The number of hydrogen-bond acceptors (Lipinski definition) is 2. The molecular formula is C19H29NO. The van der Waals surface area contributed by atoms with Crippen molar-refractivity contribution in [2.45, 2.75) is 65.3 Å². The van der Waals surface area contributed by atoms with E-state index in [4.69, 9.17) is 4.42 Å². The molecule has 0 saturated heterocycles. The predicted octanol–water partition coefficient (Wildman–Crippen LogP) is 4.93. The third kappa shape index (κ3) is 2.10. The zero-order chi connectivity index (χ0) is 14.7. The summed E-state index contributed by atoms with van der Waals surface area (Å²) in [6.45, 7) is 8.34. The molecule has 1 aromatic rings. The Morgan fingerprint density at radius 3 is 2.43 bits per heavy atom. The van der Waals surface area contributed by atoms with Crippen LogP contribution in [0.3, 0.4) is 0 Å². The largest absolute Gasteiger partial charge is 0.468 e. The first-order valence-electron chi connectivity index (χ1n) is 8.73. The summed E-state index contributed by atoms with van der Waals surface area (Å²) in [5, 5.41) is 3.78. The van der Waals surface area contributed by atoms with E-state index in [0.29, 0.717) is 22.3 Å². The highest BCUT2D eigenvalue weighted by atomic mass is 16.3. The van der Waals surface area contributed by atoms with E-state index in [0.717, 1.165) is 18.2 Å². The first-order valence-corrected chi connectivity index (χ1v) is 8.73. The second-order valence-corrected chi connectivity index (χ2v) is 9.00. The minimum absolute atomic E-state index is 0.402. The molecule has 1 N–H and O–H groups in total. The summed E-state index contributed by atoms with van der Waals surface area (Å²) in [5.74, 6) is 2.10. The lowest BCUT2D eigenvalue weighted by Crippen LogP contribution is -2.58. The van der Waals surface area contributed by atoms with Crippen LogP contribution in [0.5, 0.6) is 0 Å². The molecule has 0 aromatic carbocycles. The molecule has 4 fully saturated rings. The van der Waals surface area contributed by atoms with Gasteiger partial charge in [0.2, 0.25) is 0 Å². The predicted molar refractivity (Wildman–Crippen MR) is 85.0 cm³/mol. The maximum atomic E-state index is 5.84. The first-order chi connectivity index (χ1) is 9.96. The van der Waals surface area contributed by atoms with Gasteiger partial charge in [-0.05, 0) is 79.4 Å². The quantitative estimate of drug-likeness (QED) is 0.849. The number of furan rings is 1. The molecule has 21 heavy (non-hydrogen) atoms. The topological polar surface area (TPSA) is 25.2 Å². The van der Waals surface area contributed by atoms with Gasteiger partial charge in [0.1, 0.15) is 5.76 Å². The van der Waals surface area contributed by atoms with Crippen molar-refractivity contribution in [3.63, 3.8) is 0 Å². The monoisotopic (exact) mass is 287 g/mol. The van der Waals surface area contributed by atoms with Crippen molar-refractivity contribution in [3.8, 4) is 0 Å². The molecular weight excluding hydrogens is 258 g/mol. The zero-order valence-electron chi connectivity index (χ0n) is 13.7. The van der Waals surface area contributed by atoms with Crippen LogP contribution in [-0.4, -0.2) is 6.54 Å². The molecule has 1 heterocycles. The van der Waals surface area contributed by atoms with E-state index in [2.05, 4.69) is 32.2 Å². The van der Waals surface area contributed by atoms with Gasteiger partial charge in [0.05, 0.1) is 12.3 Å². The molecule has 0 aliphatic heterocycles. The van der Waals surface area contributed by atoms with Crippen LogP contribution in [0.4, 0.5) is 0 Å². The van der Waals surface area contributed by atoms with Crippen LogP contribution in [0.25, 0.3) is 0 Å². The Bertz CT molecular complexity index is 502. The molecule has 4 aliphatic carbocycles. The Hall–Kier alpha value is -0.760. The Morgan fingerprint density at radius 1 is 1.19 bits per heavy atom. The molecule has 4 bridgehead atoms. The van der Waals surface area contributed by atoms with E-state index in [-0.39, 0.29) is 0 Å². The summed E-state index contributed by atoms with van der Waals surface area (Å²) < 4.78 is 5.84. The fourth-order valence-corrected chi connectivity index (χ4v) is 7.14. The van der Waals surface area contributed by atoms with E-state index in [1.165, 1.54) is 38.5 Å². The van der Waals surface area contributed by atoms with Gasteiger partial charge < -0.3 is 9.73 Å². The smallest absolute Gasteiger partial charge is 0.121 e. The maximum absolute atomic E-state index is 5.84. The first kappa shape index (κ1) is 13.9. The van der Waals surface area contributed by atoms with Crippen LogP contribution >= 0.6 is 0 Å². The van der Waals surface area contributed by atoms with Gasteiger partial charge in [0.15, 0.2) is 0 Å². The lowest BCUT2D eigenvalue weighted by Gasteiger charge is -2.67. The van der Waals surface area contributed by atoms with Crippen LogP contribution < -0.4 is 5.32 Å².